The van der Waals surface area contributed by atoms with Gasteiger partial charge in [-0.05, 0) is 86.3 Å². The van der Waals surface area contributed by atoms with Crippen LogP contribution < -0.4 is 5.56 Å². The number of fused-ring (bicyclic) bond motifs is 1. The summed E-state index contributed by atoms with van der Waals surface area (Å²) in [5.41, 5.74) is 3.93. The van der Waals surface area contributed by atoms with Gasteiger partial charge in [0.1, 0.15) is 6.04 Å². The molecule has 0 amide bonds. The van der Waals surface area contributed by atoms with Crippen molar-refractivity contribution in [3.05, 3.63) is 51.1 Å². The van der Waals surface area contributed by atoms with Crippen LogP contribution in [0.2, 0.25) is 0 Å². The first-order valence-corrected chi connectivity index (χ1v) is 10.8. The smallest absolute Gasteiger partial charge is 0.253 e. The zero-order valence-corrected chi connectivity index (χ0v) is 17.2. The van der Waals surface area contributed by atoms with Crippen molar-refractivity contribution < 1.29 is 0 Å². The summed E-state index contributed by atoms with van der Waals surface area (Å²) >= 11 is 0. The van der Waals surface area contributed by atoms with Crippen LogP contribution in [0.1, 0.15) is 73.1 Å². The van der Waals surface area contributed by atoms with Crippen molar-refractivity contribution in [2.75, 3.05) is 13.1 Å². The summed E-state index contributed by atoms with van der Waals surface area (Å²) in [6.07, 6.45) is 6.94. The summed E-state index contributed by atoms with van der Waals surface area (Å²) in [5.74, 6) is 0.813. The van der Waals surface area contributed by atoms with Gasteiger partial charge in [0.25, 0.3) is 5.56 Å². The number of hydrogen-bond acceptors (Lipinski definition) is 5. The van der Waals surface area contributed by atoms with Crippen LogP contribution in [0.3, 0.4) is 0 Å². The maximum atomic E-state index is 13.2. The van der Waals surface area contributed by atoms with Crippen molar-refractivity contribution in [3.63, 3.8) is 0 Å². The summed E-state index contributed by atoms with van der Waals surface area (Å²) in [5, 5.41) is 13.9. The summed E-state index contributed by atoms with van der Waals surface area (Å²) < 4.78 is 2.00. The van der Waals surface area contributed by atoms with Crippen LogP contribution in [0.5, 0.6) is 0 Å². The summed E-state index contributed by atoms with van der Waals surface area (Å²) in [6.45, 7) is 6.09. The van der Waals surface area contributed by atoms with Crippen LogP contribution in [-0.2, 0) is 0 Å². The molecule has 2 fully saturated rings. The van der Waals surface area contributed by atoms with Crippen LogP contribution in [-0.4, -0.2) is 43.2 Å². The molecule has 3 heterocycles. The molecule has 1 atom stereocenters. The molecule has 0 radical (unpaired) electrons. The van der Waals surface area contributed by atoms with Gasteiger partial charge in [-0.3, -0.25) is 9.69 Å². The molecule has 152 valence electrons. The Hall–Kier alpha value is -2.54. The van der Waals surface area contributed by atoms with E-state index in [0.29, 0.717) is 6.04 Å². The van der Waals surface area contributed by atoms with Crippen molar-refractivity contribution >= 4 is 10.9 Å². The first-order chi connectivity index (χ1) is 14.1. The van der Waals surface area contributed by atoms with Crippen LogP contribution in [0.15, 0.2) is 23.0 Å². The summed E-state index contributed by atoms with van der Waals surface area (Å²) in [4.78, 5) is 18.7. The summed E-state index contributed by atoms with van der Waals surface area (Å²) in [7, 11) is 0. The lowest BCUT2D eigenvalue weighted by Gasteiger charge is -2.27. The second kappa shape index (κ2) is 7.37. The zero-order chi connectivity index (χ0) is 20.0. The molecule has 1 saturated heterocycles. The first-order valence-electron chi connectivity index (χ1n) is 10.8. The molecule has 7 heteroatoms. The molecule has 1 aliphatic heterocycles. The topological polar surface area (TPSA) is 79.7 Å². The highest BCUT2D eigenvalue weighted by atomic mass is 16.1. The molecule has 0 bridgehead atoms. The van der Waals surface area contributed by atoms with Gasteiger partial charge in [0.15, 0.2) is 5.82 Å². The molecule has 29 heavy (non-hydrogen) atoms. The molecule has 2 aromatic heterocycles. The number of aromatic nitrogens is 5. The Bertz CT molecular complexity index is 1090. The minimum Gasteiger partial charge on any atom is -0.322 e. The predicted octanol–water partition coefficient (Wildman–Crippen LogP) is 3.43. The van der Waals surface area contributed by atoms with Gasteiger partial charge in [0, 0.05) is 16.5 Å². The largest absolute Gasteiger partial charge is 0.322 e. The van der Waals surface area contributed by atoms with E-state index < -0.39 is 0 Å². The number of nitrogens with one attached hydrogen (secondary N) is 1. The van der Waals surface area contributed by atoms with Crippen LogP contribution in [0.25, 0.3) is 10.9 Å². The standard InChI is InChI=1S/C22H28N6O/c1-14-11-15(2)17-13-18(22(29)23-19(17)12-14)20(27-9-5-6-10-27)21-24-25-26-28(21)16-7-3-4-8-16/h11-13,16,20H,3-10H2,1-2H3,(H,23,29). The Morgan fingerprint density at radius 1 is 1.07 bits per heavy atom. The van der Waals surface area contributed by atoms with Crippen molar-refractivity contribution in [2.45, 2.75) is 64.5 Å². The Morgan fingerprint density at radius 3 is 2.59 bits per heavy atom. The number of nitrogens with zero attached hydrogens (tertiary/aromatic N) is 5. The molecule has 1 aromatic carbocycles. The van der Waals surface area contributed by atoms with Crippen LogP contribution >= 0.6 is 0 Å². The van der Waals surface area contributed by atoms with E-state index in [0.717, 1.165) is 66.6 Å². The lowest BCUT2D eigenvalue weighted by Crippen LogP contribution is -2.34. The van der Waals surface area contributed by atoms with E-state index in [4.69, 9.17) is 0 Å². The Balaban J connectivity index is 1.68. The number of likely N-dealkylation sites (tertiary alicyclic amines) is 1. The number of hydrogen-bond donors (Lipinski definition) is 1. The number of tetrazole rings is 1. The van der Waals surface area contributed by atoms with E-state index >= 15 is 0 Å². The fourth-order valence-corrected chi connectivity index (χ4v) is 5.18. The van der Waals surface area contributed by atoms with Crippen LogP contribution in [0.4, 0.5) is 0 Å². The number of aromatic amines is 1. The van der Waals surface area contributed by atoms with Crippen LogP contribution in [0, 0.1) is 13.8 Å². The maximum Gasteiger partial charge on any atom is 0.253 e. The van der Waals surface area contributed by atoms with Crippen molar-refractivity contribution in [1.29, 1.82) is 0 Å². The van der Waals surface area contributed by atoms with E-state index in [-0.39, 0.29) is 11.6 Å². The Morgan fingerprint density at radius 2 is 1.83 bits per heavy atom. The van der Waals surface area contributed by atoms with E-state index in [9.17, 15) is 4.79 Å². The van der Waals surface area contributed by atoms with Gasteiger partial charge in [-0.15, -0.1) is 5.10 Å². The molecule has 0 spiro atoms. The molecular formula is C22H28N6O. The molecule has 7 nitrogen and oxygen atoms in total. The molecule has 1 N–H and O–H groups in total. The number of H-pyrrole nitrogens is 1. The van der Waals surface area contributed by atoms with Gasteiger partial charge in [0.2, 0.25) is 0 Å². The lowest BCUT2D eigenvalue weighted by atomic mass is 10.00. The van der Waals surface area contributed by atoms with Gasteiger partial charge in [-0.25, -0.2) is 4.68 Å². The molecule has 2 aliphatic rings. The van der Waals surface area contributed by atoms with Crippen molar-refractivity contribution in [1.82, 2.24) is 30.1 Å². The van der Waals surface area contributed by atoms with Gasteiger partial charge in [0.05, 0.1) is 6.04 Å². The second-order valence-corrected chi connectivity index (χ2v) is 8.66. The number of aryl methyl sites for hydroxylation is 2. The van der Waals surface area contributed by atoms with Gasteiger partial charge >= 0.3 is 0 Å². The highest BCUT2D eigenvalue weighted by Gasteiger charge is 2.34. The average Bonchev–Trinajstić information content (AvgIpc) is 3.45. The quantitative estimate of drug-likeness (QED) is 0.736. The normalized spacial score (nSPS) is 19.4. The van der Waals surface area contributed by atoms with Crippen molar-refractivity contribution in [2.24, 2.45) is 0 Å². The first kappa shape index (κ1) is 18.5. The minimum absolute atomic E-state index is 0.0413. The summed E-state index contributed by atoms with van der Waals surface area (Å²) in [6, 6.07) is 6.41. The third-order valence-electron chi connectivity index (χ3n) is 6.58. The number of pyridine rings is 1. The SMILES string of the molecule is Cc1cc(C)c2cc(C(c3nnnn3C3CCCC3)N3CCCC3)c(=O)[nH]c2c1. The number of benzene rings is 1. The molecule has 1 unspecified atom stereocenters. The Labute approximate surface area is 170 Å². The fraction of sp³-hybridized carbons (Fsp3) is 0.545. The third-order valence-corrected chi connectivity index (χ3v) is 6.58. The lowest BCUT2D eigenvalue weighted by molar-refractivity contribution is 0.256. The van der Waals surface area contributed by atoms with Crippen molar-refractivity contribution in [3.8, 4) is 0 Å². The van der Waals surface area contributed by atoms with Gasteiger partial charge in [-0.1, -0.05) is 18.9 Å². The average molecular weight is 393 g/mol. The van der Waals surface area contributed by atoms with Gasteiger partial charge < -0.3 is 4.98 Å². The van der Waals surface area contributed by atoms with E-state index in [2.05, 4.69) is 51.4 Å². The molecule has 3 aromatic rings. The fourth-order valence-electron chi connectivity index (χ4n) is 5.18. The highest BCUT2D eigenvalue weighted by molar-refractivity contribution is 5.83. The molecular weight excluding hydrogens is 364 g/mol. The predicted molar refractivity (Wildman–Crippen MR) is 112 cm³/mol. The molecule has 5 rings (SSSR count). The monoisotopic (exact) mass is 392 g/mol. The minimum atomic E-state index is -0.207. The highest BCUT2D eigenvalue weighted by Crippen LogP contribution is 2.35. The van der Waals surface area contributed by atoms with Gasteiger partial charge in [-0.2, -0.15) is 0 Å². The molecule has 1 aliphatic carbocycles. The third kappa shape index (κ3) is 3.27. The van der Waals surface area contributed by atoms with E-state index in [1.165, 1.54) is 18.4 Å². The van der Waals surface area contributed by atoms with E-state index in [1.807, 2.05) is 10.7 Å². The maximum absolute atomic E-state index is 13.2. The molecule has 1 saturated carbocycles. The Kier molecular flexibility index (Phi) is 4.70. The second-order valence-electron chi connectivity index (χ2n) is 8.66. The zero-order valence-electron chi connectivity index (χ0n) is 17.2. The van der Waals surface area contributed by atoms with E-state index in [1.54, 1.807) is 0 Å². The number of rotatable bonds is 4.